The predicted molar refractivity (Wildman–Crippen MR) is 94.4 cm³/mol. The molecule has 26 heavy (non-hydrogen) atoms. The van der Waals surface area contributed by atoms with Gasteiger partial charge in [0.2, 0.25) is 0 Å². The number of amides is 1. The molecule has 7 heteroatoms. The van der Waals surface area contributed by atoms with E-state index in [1.165, 1.54) is 23.0 Å². The second-order valence-electron chi connectivity index (χ2n) is 5.85. The Morgan fingerprint density at radius 2 is 1.77 bits per heavy atom. The third-order valence-electron chi connectivity index (χ3n) is 4.06. The highest BCUT2D eigenvalue weighted by atomic mass is 19.1. The van der Waals surface area contributed by atoms with Crippen LogP contribution in [0.2, 0.25) is 0 Å². The number of benzene rings is 2. The molecule has 0 saturated carbocycles. The quantitative estimate of drug-likeness (QED) is 0.751. The molecule has 0 saturated heterocycles. The number of hydrogen-bond donors (Lipinski definition) is 2. The molecule has 1 heterocycles. The molecular weight excluding hydrogens is 337 g/mol. The van der Waals surface area contributed by atoms with E-state index in [0.717, 1.165) is 23.3 Å². The zero-order valence-corrected chi connectivity index (χ0v) is 14.2. The normalized spacial score (nSPS) is 10.6. The number of carboxylic acids is 1. The van der Waals surface area contributed by atoms with Gasteiger partial charge in [-0.25, -0.2) is 13.9 Å². The van der Waals surface area contributed by atoms with Crippen LogP contribution < -0.4 is 5.32 Å². The Balaban J connectivity index is 1.97. The number of aryl methyl sites for hydroxylation is 2. The summed E-state index contributed by atoms with van der Waals surface area (Å²) in [6.07, 6.45) is 1.28. The van der Waals surface area contributed by atoms with Crippen molar-refractivity contribution in [2.24, 2.45) is 0 Å². The maximum Gasteiger partial charge on any atom is 0.356 e. The third-order valence-corrected chi connectivity index (χ3v) is 4.06. The number of anilines is 1. The second-order valence-corrected chi connectivity index (χ2v) is 5.85. The lowest BCUT2D eigenvalue weighted by atomic mass is 10.1. The van der Waals surface area contributed by atoms with Crippen molar-refractivity contribution >= 4 is 17.6 Å². The predicted octanol–water partition coefficient (Wildman–Crippen LogP) is 3.58. The Morgan fingerprint density at radius 3 is 2.38 bits per heavy atom. The van der Waals surface area contributed by atoms with Gasteiger partial charge in [-0.2, -0.15) is 5.10 Å². The van der Waals surface area contributed by atoms with Gasteiger partial charge in [0, 0.05) is 5.56 Å². The average molecular weight is 353 g/mol. The van der Waals surface area contributed by atoms with E-state index < -0.39 is 17.7 Å². The highest BCUT2D eigenvalue weighted by Gasteiger charge is 2.21. The van der Waals surface area contributed by atoms with Crippen molar-refractivity contribution in [3.05, 3.63) is 76.9 Å². The van der Waals surface area contributed by atoms with Gasteiger partial charge < -0.3 is 10.4 Å². The molecule has 132 valence electrons. The van der Waals surface area contributed by atoms with Crippen LogP contribution in [0.25, 0.3) is 5.69 Å². The zero-order valence-electron chi connectivity index (χ0n) is 14.2. The number of carbonyl (C=O) groups excluding carboxylic acids is 1. The molecule has 2 aromatic carbocycles. The van der Waals surface area contributed by atoms with Crippen LogP contribution in [-0.4, -0.2) is 26.8 Å². The second kappa shape index (κ2) is 6.79. The molecule has 3 rings (SSSR count). The first-order chi connectivity index (χ1) is 12.4. The number of carboxylic acid groups (broad SMARTS) is 1. The van der Waals surface area contributed by atoms with E-state index in [2.05, 4.69) is 10.4 Å². The van der Waals surface area contributed by atoms with Gasteiger partial charge >= 0.3 is 5.97 Å². The Kier molecular flexibility index (Phi) is 4.53. The van der Waals surface area contributed by atoms with Crippen LogP contribution in [0.15, 0.2) is 48.7 Å². The molecule has 0 radical (unpaired) electrons. The molecule has 1 aromatic heterocycles. The number of hydrogen-bond acceptors (Lipinski definition) is 3. The standard InChI is InChI=1S/C19H16FN3O3/c1-11-3-8-15(9-12(11)2)23-17(19(25)26)16(10-21-23)22-18(24)13-4-6-14(20)7-5-13/h3-10H,1-2H3,(H,22,24)(H,25,26). The lowest BCUT2D eigenvalue weighted by molar-refractivity contribution is 0.0688. The van der Waals surface area contributed by atoms with E-state index in [9.17, 15) is 19.1 Å². The number of rotatable bonds is 4. The molecule has 1 amide bonds. The van der Waals surface area contributed by atoms with Crippen molar-refractivity contribution in [1.29, 1.82) is 0 Å². The van der Waals surface area contributed by atoms with Crippen LogP contribution in [0.5, 0.6) is 0 Å². The van der Waals surface area contributed by atoms with Crippen molar-refractivity contribution in [1.82, 2.24) is 9.78 Å². The van der Waals surface area contributed by atoms with E-state index in [1.54, 1.807) is 6.07 Å². The first-order valence-corrected chi connectivity index (χ1v) is 7.82. The summed E-state index contributed by atoms with van der Waals surface area (Å²) < 4.78 is 14.2. The van der Waals surface area contributed by atoms with Crippen LogP contribution in [0.3, 0.4) is 0 Å². The van der Waals surface area contributed by atoms with E-state index >= 15 is 0 Å². The Hall–Kier alpha value is -3.48. The van der Waals surface area contributed by atoms with Crippen LogP contribution >= 0.6 is 0 Å². The van der Waals surface area contributed by atoms with Crippen molar-refractivity contribution in [3.63, 3.8) is 0 Å². The number of carbonyl (C=O) groups is 2. The number of nitrogens with one attached hydrogen (secondary N) is 1. The fourth-order valence-electron chi connectivity index (χ4n) is 2.49. The van der Waals surface area contributed by atoms with Crippen LogP contribution in [0, 0.1) is 19.7 Å². The maximum absolute atomic E-state index is 13.0. The summed E-state index contributed by atoms with van der Waals surface area (Å²) in [6.45, 7) is 3.87. The van der Waals surface area contributed by atoms with Crippen molar-refractivity contribution in [2.45, 2.75) is 13.8 Å². The Labute approximate surface area is 148 Å². The molecule has 0 fully saturated rings. The fourth-order valence-corrected chi connectivity index (χ4v) is 2.49. The first-order valence-electron chi connectivity index (χ1n) is 7.82. The maximum atomic E-state index is 13.0. The van der Waals surface area contributed by atoms with Gasteiger partial charge in [0.1, 0.15) is 5.82 Å². The Morgan fingerprint density at radius 1 is 1.08 bits per heavy atom. The van der Waals surface area contributed by atoms with Crippen molar-refractivity contribution < 1.29 is 19.1 Å². The van der Waals surface area contributed by atoms with Crippen LogP contribution in [0.1, 0.15) is 32.0 Å². The summed E-state index contributed by atoms with van der Waals surface area (Å²) >= 11 is 0. The molecule has 0 bridgehead atoms. The van der Waals surface area contributed by atoms with Gasteiger partial charge in [-0.15, -0.1) is 0 Å². The first kappa shape index (κ1) is 17.3. The molecule has 2 N–H and O–H groups in total. The zero-order chi connectivity index (χ0) is 18.8. The van der Waals surface area contributed by atoms with E-state index in [1.807, 2.05) is 26.0 Å². The van der Waals surface area contributed by atoms with Gasteiger partial charge in [-0.1, -0.05) is 6.07 Å². The third kappa shape index (κ3) is 3.32. The Bertz CT molecular complexity index is 994. The molecular formula is C19H16FN3O3. The summed E-state index contributed by atoms with van der Waals surface area (Å²) in [5.74, 6) is -2.24. The highest BCUT2D eigenvalue weighted by Crippen LogP contribution is 2.22. The fraction of sp³-hybridized carbons (Fsp3) is 0.105. The summed E-state index contributed by atoms with van der Waals surface area (Å²) in [4.78, 5) is 24.0. The minimum absolute atomic E-state index is 0.0602. The minimum Gasteiger partial charge on any atom is -0.476 e. The van der Waals surface area contributed by atoms with E-state index in [4.69, 9.17) is 0 Å². The molecule has 0 atom stereocenters. The van der Waals surface area contributed by atoms with Crippen LogP contribution in [0.4, 0.5) is 10.1 Å². The summed E-state index contributed by atoms with van der Waals surface area (Å²) in [6, 6.07) is 10.4. The molecule has 6 nitrogen and oxygen atoms in total. The number of aromatic carboxylic acids is 1. The molecule has 0 unspecified atom stereocenters. The van der Waals surface area contributed by atoms with Gasteiger partial charge in [0.05, 0.1) is 17.6 Å². The number of halogens is 1. The molecule has 3 aromatic rings. The van der Waals surface area contributed by atoms with Gasteiger partial charge in [-0.05, 0) is 61.4 Å². The molecule has 0 aliphatic heterocycles. The molecule has 0 spiro atoms. The van der Waals surface area contributed by atoms with Gasteiger partial charge in [0.25, 0.3) is 5.91 Å². The largest absolute Gasteiger partial charge is 0.476 e. The van der Waals surface area contributed by atoms with Crippen molar-refractivity contribution in [3.8, 4) is 5.69 Å². The van der Waals surface area contributed by atoms with Crippen molar-refractivity contribution in [2.75, 3.05) is 5.32 Å². The lowest BCUT2D eigenvalue weighted by Crippen LogP contribution is -2.16. The van der Waals surface area contributed by atoms with Gasteiger partial charge in [-0.3, -0.25) is 4.79 Å². The molecule has 0 aliphatic rings. The number of aromatic nitrogens is 2. The van der Waals surface area contributed by atoms with Gasteiger partial charge in [0.15, 0.2) is 5.69 Å². The highest BCUT2D eigenvalue weighted by molar-refractivity contribution is 6.07. The average Bonchev–Trinajstić information content (AvgIpc) is 3.01. The summed E-state index contributed by atoms with van der Waals surface area (Å²) in [5.41, 5.74) is 2.75. The monoisotopic (exact) mass is 353 g/mol. The lowest BCUT2D eigenvalue weighted by Gasteiger charge is -2.09. The van der Waals surface area contributed by atoms with E-state index in [-0.39, 0.29) is 16.9 Å². The van der Waals surface area contributed by atoms with E-state index in [0.29, 0.717) is 5.69 Å². The SMILES string of the molecule is Cc1ccc(-n2ncc(NC(=O)c3ccc(F)cc3)c2C(=O)O)cc1C. The number of nitrogens with zero attached hydrogens (tertiary/aromatic N) is 2. The smallest absolute Gasteiger partial charge is 0.356 e. The topological polar surface area (TPSA) is 84.2 Å². The summed E-state index contributed by atoms with van der Waals surface area (Å²) in [5, 5.41) is 16.2. The molecule has 0 aliphatic carbocycles. The minimum atomic E-state index is -1.23. The van der Waals surface area contributed by atoms with Crippen LogP contribution in [-0.2, 0) is 0 Å². The summed E-state index contributed by atoms with van der Waals surface area (Å²) in [7, 11) is 0.